The molecule has 1 atom stereocenters. The zero-order valence-electron chi connectivity index (χ0n) is 13.3. The Morgan fingerprint density at radius 3 is 2.20 bits per heavy atom. The summed E-state index contributed by atoms with van der Waals surface area (Å²) in [6.07, 6.45) is -0.844. The van der Waals surface area contributed by atoms with Crippen LogP contribution in [0.25, 0.3) is 0 Å². The Bertz CT molecular complexity index is 721. The Hall–Kier alpha value is -2.80. The van der Waals surface area contributed by atoms with E-state index in [9.17, 15) is 19.5 Å². The van der Waals surface area contributed by atoms with E-state index in [-0.39, 0.29) is 17.5 Å². The predicted molar refractivity (Wildman–Crippen MR) is 94.4 cm³/mol. The van der Waals surface area contributed by atoms with E-state index in [2.05, 4.69) is 5.32 Å². The third-order valence-electron chi connectivity index (χ3n) is 3.19. The zero-order valence-corrected chi connectivity index (χ0v) is 14.1. The highest BCUT2D eigenvalue weighted by atomic mass is 32.2. The van der Waals surface area contributed by atoms with E-state index in [0.29, 0.717) is 5.56 Å². The third kappa shape index (κ3) is 6.31. The van der Waals surface area contributed by atoms with Gasteiger partial charge in [0.05, 0.1) is 0 Å². The summed E-state index contributed by atoms with van der Waals surface area (Å²) in [6, 6.07) is 16.3. The lowest BCUT2D eigenvalue weighted by molar-refractivity contribution is -0.138. The standard InChI is InChI=1S/C18H17NO5S/c20-16(21)15(12-25-17(22)14-9-5-2-6-10-14)19-18(23)24-11-13-7-3-1-4-8-13/h1-10,15H,11-12H2,(H,19,23)(H,20,21)/t15-/m1/s1. The molecule has 0 saturated heterocycles. The number of alkyl carbamates (subject to hydrolysis) is 1. The van der Waals surface area contributed by atoms with Gasteiger partial charge in [0, 0.05) is 11.3 Å². The molecule has 0 saturated carbocycles. The smallest absolute Gasteiger partial charge is 0.408 e. The van der Waals surface area contributed by atoms with Crippen molar-refractivity contribution < 1.29 is 24.2 Å². The van der Waals surface area contributed by atoms with Crippen LogP contribution in [0.3, 0.4) is 0 Å². The predicted octanol–water partition coefficient (Wildman–Crippen LogP) is 2.94. The van der Waals surface area contributed by atoms with Crippen molar-refractivity contribution in [1.82, 2.24) is 5.32 Å². The maximum Gasteiger partial charge on any atom is 0.408 e. The Labute approximate surface area is 149 Å². The second kappa shape index (κ2) is 9.48. The monoisotopic (exact) mass is 359 g/mol. The minimum Gasteiger partial charge on any atom is -0.480 e. The number of rotatable bonds is 7. The molecule has 130 valence electrons. The van der Waals surface area contributed by atoms with Crippen molar-refractivity contribution in [1.29, 1.82) is 0 Å². The number of carboxylic acids is 1. The number of carboxylic acid groups (broad SMARTS) is 1. The number of hydrogen-bond donors (Lipinski definition) is 2. The molecule has 0 heterocycles. The molecule has 0 aliphatic carbocycles. The number of hydrogen-bond acceptors (Lipinski definition) is 5. The van der Waals surface area contributed by atoms with Crippen molar-refractivity contribution >= 4 is 28.9 Å². The summed E-state index contributed by atoms with van der Waals surface area (Å²) in [4.78, 5) is 35.0. The van der Waals surface area contributed by atoms with E-state index in [0.717, 1.165) is 17.3 Å². The van der Waals surface area contributed by atoms with Gasteiger partial charge < -0.3 is 15.2 Å². The lowest BCUT2D eigenvalue weighted by Gasteiger charge is -2.14. The fraction of sp³-hybridized carbons (Fsp3) is 0.167. The summed E-state index contributed by atoms with van der Waals surface area (Å²) in [5.74, 6) is -1.33. The lowest BCUT2D eigenvalue weighted by atomic mass is 10.2. The van der Waals surface area contributed by atoms with Gasteiger partial charge in [0.2, 0.25) is 5.12 Å². The molecule has 0 spiro atoms. The van der Waals surface area contributed by atoms with Gasteiger partial charge in [-0.3, -0.25) is 4.79 Å². The van der Waals surface area contributed by atoms with Gasteiger partial charge in [0.1, 0.15) is 12.6 Å². The first-order valence-electron chi connectivity index (χ1n) is 7.48. The number of aliphatic carboxylic acids is 1. The van der Waals surface area contributed by atoms with Crippen LogP contribution in [0.5, 0.6) is 0 Å². The van der Waals surface area contributed by atoms with Gasteiger partial charge in [-0.15, -0.1) is 0 Å². The van der Waals surface area contributed by atoms with E-state index in [1.807, 2.05) is 18.2 Å². The summed E-state index contributed by atoms with van der Waals surface area (Å²) in [5, 5.41) is 11.2. The SMILES string of the molecule is O=C(N[C@H](CSC(=O)c1ccccc1)C(=O)O)OCc1ccccc1. The highest BCUT2D eigenvalue weighted by Gasteiger charge is 2.22. The normalized spacial score (nSPS) is 11.4. The number of thioether (sulfide) groups is 1. The second-order valence-corrected chi connectivity index (χ2v) is 6.05. The Balaban J connectivity index is 1.82. The highest BCUT2D eigenvalue weighted by Crippen LogP contribution is 2.13. The van der Waals surface area contributed by atoms with Crippen LogP contribution >= 0.6 is 11.8 Å². The fourth-order valence-corrected chi connectivity index (χ4v) is 2.75. The van der Waals surface area contributed by atoms with E-state index in [1.165, 1.54) is 0 Å². The Morgan fingerprint density at radius 1 is 1.00 bits per heavy atom. The molecule has 0 aliphatic rings. The average Bonchev–Trinajstić information content (AvgIpc) is 2.64. The summed E-state index contributed by atoms with van der Waals surface area (Å²) in [7, 11) is 0. The molecule has 1 amide bonds. The van der Waals surface area contributed by atoms with Gasteiger partial charge in [-0.25, -0.2) is 9.59 Å². The molecule has 2 aromatic rings. The van der Waals surface area contributed by atoms with Crippen molar-refractivity contribution in [2.45, 2.75) is 12.6 Å². The maximum atomic E-state index is 12.0. The molecule has 6 nitrogen and oxygen atoms in total. The van der Waals surface area contributed by atoms with Gasteiger partial charge >= 0.3 is 12.1 Å². The minimum absolute atomic E-state index is 0.0368. The first kappa shape index (κ1) is 18.5. The van der Waals surface area contributed by atoms with Crippen LogP contribution in [0.15, 0.2) is 60.7 Å². The van der Waals surface area contributed by atoms with Gasteiger partial charge in [0.15, 0.2) is 0 Å². The number of carbonyl (C=O) groups excluding carboxylic acids is 2. The highest BCUT2D eigenvalue weighted by molar-refractivity contribution is 8.14. The quantitative estimate of drug-likeness (QED) is 0.790. The first-order valence-corrected chi connectivity index (χ1v) is 8.47. The average molecular weight is 359 g/mol. The molecule has 0 aliphatic heterocycles. The minimum atomic E-state index is -1.23. The van der Waals surface area contributed by atoms with Crippen molar-refractivity contribution in [2.24, 2.45) is 0 Å². The Morgan fingerprint density at radius 2 is 1.60 bits per heavy atom. The fourth-order valence-electron chi connectivity index (χ4n) is 1.90. The third-order valence-corrected chi connectivity index (χ3v) is 4.19. The van der Waals surface area contributed by atoms with Crippen LogP contribution in [0.2, 0.25) is 0 Å². The van der Waals surface area contributed by atoms with Crippen LogP contribution in [0.4, 0.5) is 4.79 Å². The molecule has 2 rings (SSSR count). The van der Waals surface area contributed by atoms with Crippen LogP contribution in [0.1, 0.15) is 15.9 Å². The Kier molecular flexibility index (Phi) is 7.03. The first-order chi connectivity index (χ1) is 12.1. The van der Waals surface area contributed by atoms with Gasteiger partial charge in [-0.1, -0.05) is 72.4 Å². The molecule has 0 fully saturated rings. The van der Waals surface area contributed by atoms with Crippen LogP contribution in [-0.2, 0) is 16.1 Å². The van der Waals surface area contributed by atoms with E-state index in [4.69, 9.17) is 4.74 Å². The van der Waals surface area contributed by atoms with E-state index < -0.39 is 18.1 Å². The molecule has 0 aromatic heterocycles. The van der Waals surface area contributed by atoms with Crippen molar-refractivity contribution in [3.05, 3.63) is 71.8 Å². The topological polar surface area (TPSA) is 92.7 Å². The van der Waals surface area contributed by atoms with Crippen molar-refractivity contribution in [2.75, 3.05) is 5.75 Å². The molecule has 2 N–H and O–H groups in total. The van der Waals surface area contributed by atoms with Gasteiger partial charge in [-0.2, -0.15) is 0 Å². The van der Waals surface area contributed by atoms with Crippen molar-refractivity contribution in [3.8, 4) is 0 Å². The molecular weight excluding hydrogens is 342 g/mol. The molecule has 7 heteroatoms. The molecule has 2 aromatic carbocycles. The number of nitrogens with one attached hydrogen (secondary N) is 1. The zero-order chi connectivity index (χ0) is 18.1. The maximum absolute atomic E-state index is 12.0. The van der Waals surface area contributed by atoms with Crippen LogP contribution < -0.4 is 5.32 Å². The van der Waals surface area contributed by atoms with Crippen LogP contribution in [0, 0.1) is 0 Å². The molecule has 0 unspecified atom stereocenters. The number of ether oxygens (including phenoxy) is 1. The summed E-state index contributed by atoms with van der Waals surface area (Å²) >= 11 is 0.832. The van der Waals surface area contributed by atoms with Crippen molar-refractivity contribution in [3.63, 3.8) is 0 Å². The molecule has 0 bridgehead atoms. The van der Waals surface area contributed by atoms with E-state index in [1.54, 1.807) is 42.5 Å². The second-order valence-electron chi connectivity index (χ2n) is 5.06. The van der Waals surface area contributed by atoms with Crippen LogP contribution in [-0.4, -0.2) is 34.1 Å². The van der Waals surface area contributed by atoms with E-state index >= 15 is 0 Å². The molecule has 25 heavy (non-hydrogen) atoms. The lowest BCUT2D eigenvalue weighted by Crippen LogP contribution is -2.43. The van der Waals surface area contributed by atoms with Gasteiger partial charge in [-0.05, 0) is 5.56 Å². The summed E-state index contributed by atoms with van der Waals surface area (Å²) in [5.41, 5.74) is 1.27. The van der Waals surface area contributed by atoms with Gasteiger partial charge in [0.25, 0.3) is 0 Å². The number of carbonyl (C=O) groups is 3. The molecular formula is C18H17NO5S. The number of amides is 1. The largest absolute Gasteiger partial charge is 0.480 e. The summed E-state index contributed by atoms with van der Waals surface area (Å²) < 4.78 is 4.99. The number of benzene rings is 2. The summed E-state index contributed by atoms with van der Waals surface area (Å²) in [6.45, 7) is 0.0368. The molecule has 0 radical (unpaired) electrons.